The standard InChI is InChI=1S/C31H54O5Si/c1-24(22-34-23-26-18-14-12-15-19-26)28(33-9)25(2)27(36-37(10,11)31(6,7)8)20-16-13-17-21-35-29(32)30(3,4)5/h12-16,18-19,24-25,27-28H,17,20-23H2,1-11H3/b16-13+/t24-,25-,27+,28+/m0/s1. The molecule has 1 rings (SSSR count). The summed E-state index contributed by atoms with van der Waals surface area (Å²) in [4.78, 5) is 12.0. The number of benzene rings is 1. The summed E-state index contributed by atoms with van der Waals surface area (Å²) in [7, 11) is -0.206. The Balaban J connectivity index is 2.83. The van der Waals surface area contributed by atoms with Crippen molar-refractivity contribution in [1.82, 2.24) is 0 Å². The number of carbonyl (C=O) groups is 1. The van der Waals surface area contributed by atoms with Gasteiger partial charge in [-0.25, -0.2) is 0 Å². The van der Waals surface area contributed by atoms with Gasteiger partial charge in [0.1, 0.15) is 0 Å². The third-order valence-electron chi connectivity index (χ3n) is 7.35. The van der Waals surface area contributed by atoms with Crippen molar-refractivity contribution in [1.29, 1.82) is 0 Å². The van der Waals surface area contributed by atoms with Crippen LogP contribution in [-0.4, -0.2) is 46.8 Å². The highest BCUT2D eigenvalue weighted by molar-refractivity contribution is 6.74. The van der Waals surface area contributed by atoms with Gasteiger partial charge in [0.05, 0.1) is 37.4 Å². The maximum absolute atomic E-state index is 12.0. The maximum Gasteiger partial charge on any atom is 0.311 e. The van der Waals surface area contributed by atoms with E-state index in [1.54, 1.807) is 7.11 Å². The van der Waals surface area contributed by atoms with Crippen LogP contribution >= 0.6 is 0 Å². The molecule has 0 bridgehead atoms. The summed E-state index contributed by atoms with van der Waals surface area (Å²) in [6.07, 6.45) is 5.78. The number of esters is 1. The van der Waals surface area contributed by atoms with Crippen LogP contribution in [0.2, 0.25) is 18.1 Å². The van der Waals surface area contributed by atoms with Gasteiger partial charge in [0.25, 0.3) is 0 Å². The van der Waals surface area contributed by atoms with Gasteiger partial charge in [-0.2, -0.15) is 0 Å². The van der Waals surface area contributed by atoms with Crippen molar-refractivity contribution in [2.75, 3.05) is 20.3 Å². The van der Waals surface area contributed by atoms with E-state index in [-0.39, 0.29) is 35.1 Å². The molecule has 6 heteroatoms. The monoisotopic (exact) mass is 534 g/mol. The van der Waals surface area contributed by atoms with Crippen molar-refractivity contribution in [3.05, 3.63) is 48.0 Å². The van der Waals surface area contributed by atoms with Crippen molar-refractivity contribution in [3.63, 3.8) is 0 Å². The van der Waals surface area contributed by atoms with Gasteiger partial charge < -0.3 is 18.6 Å². The van der Waals surface area contributed by atoms with E-state index in [1.807, 2.05) is 39.0 Å². The Kier molecular flexibility index (Phi) is 13.8. The average molecular weight is 535 g/mol. The fourth-order valence-corrected chi connectivity index (χ4v) is 5.34. The third kappa shape index (κ3) is 11.8. The number of methoxy groups -OCH3 is 1. The van der Waals surface area contributed by atoms with Crippen LogP contribution in [0.3, 0.4) is 0 Å². The largest absolute Gasteiger partial charge is 0.465 e. The smallest absolute Gasteiger partial charge is 0.311 e. The molecule has 0 unspecified atom stereocenters. The summed E-state index contributed by atoms with van der Waals surface area (Å²) in [6.45, 7) is 23.1. The van der Waals surface area contributed by atoms with Crippen LogP contribution in [0.25, 0.3) is 0 Å². The molecule has 0 aromatic heterocycles. The predicted octanol–water partition coefficient (Wildman–Crippen LogP) is 7.81. The lowest BCUT2D eigenvalue weighted by molar-refractivity contribution is -0.152. The van der Waals surface area contributed by atoms with Crippen molar-refractivity contribution in [3.8, 4) is 0 Å². The Morgan fingerprint density at radius 3 is 2.16 bits per heavy atom. The van der Waals surface area contributed by atoms with Gasteiger partial charge in [-0.1, -0.05) is 77.1 Å². The molecular weight excluding hydrogens is 480 g/mol. The molecule has 0 N–H and O–H groups in total. The number of rotatable bonds is 15. The zero-order valence-electron chi connectivity index (χ0n) is 25.4. The zero-order valence-corrected chi connectivity index (χ0v) is 26.4. The summed E-state index contributed by atoms with van der Waals surface area (Å²) < 4.78 is 24.4. The molecule has 0 aliphatic rings. The summed E-state index contributed by atoms with van der Waals surface area (Å²) in [6, 6.07) is 10.3. The second-order valence-corrected chi connectivity index (χ2v) is 17.6. The number of ether oxygens (including phenoxy) is 3. The first-order valence-corrected chi connectivity index (χ1v) is 16.7. The number of hydrogen-bond acceptors (Lipinski definition) is 5. The Bertz CT molecular complexity index is 807. The van der Waals surface area contributed by atoms with E-state index in [2.05, 4.69) is 72.0 Å². The highest BCUT2D eigenvalue weighted by Crippen LogP contribution is 2.39. The summed E-state index contributed by atoms with van der Waals surface area (Å²) >= 11 is 0. The van der Waals surface area contributed by atoms with Crippen LogP contribution < -0.4 is 0 Å². The molecule has 4 atom stereocenters. The minimum absolute atomic E-state index is 0.00619. The van der Waals surface area contributed by atoms with Crippen LogP contribution in [0.15, 0.2) is 42.5 Å². The van der Waals surface area contributed by atoms with Crippen molar-refractivity contribution < 1.29 is 23.4 Å². The van der Waals surface area contributed by atoms with Gasteiger partial charge in [0, 0.05) is 18.9 Å². The molecule has 5 nitrogen and oxygen atoms in total. The lowest BCUT2D eigenvalue weighted by atomic mass is 9.88. The molecule has 37 heavy (non-hydrogen) atoms. The first-order valence-electron chi connectivity index (χ1n) is 13.7. The SMILES string of the molecule is CO[C@@H]([C@@H](C)[C@@H](C/C=C/CCOC(=O)C(C)(C)C)O[Si](C)(C)C(C)(C)C)[C@@H](C)COCc1ccccc1. The highest BCUT2D eigenvalue weighted by Gasteiger charge is 2.41. The first kappa shape index (κ1) is 33.6. The molecule has 1 aromatic carbocycles. The second kappa shape index (κ2) is 15.2. The van der Waals surface area contributed by atoms with E-state index in [0.717, 1.165) is 6.42 Å². The molecule has 0 amide bonds. The van der Waals surface area contributed by atoms with E-state index in [1.165, 1.54) is 5.56 Å². The molecular formula is C31H54O5Si. The molecule has 0 heterocycles. The van der Waals surface area contributed by atoms with Crippen LogP contribution in [0, 0.1) is 17.3 Å². The Morgan fingerprint density at radius 2 is 1.62 bits per heavy atom. The molecule has 0 saturated heterocycles. The van der Waals surface area contributed by atoms with E-state index in [0.29, 0.717) is 26.2 Å². The molecule has 0 saturated carbocycles. The first-order chi connectivity index (χ1) is 17.1. The van der Waals surface area contributed by atoms with E-state index in [9.17, 15) is 4.79 Å². The Hall–Kier alpha value is -1.47. The Morgan fingerprint density at radius 1 is 1.00 bits per heavy atom. The predicted molar refractivity (Wildman–Crippen MR) is 156 cm³/mol. The van der Waals surface area contributed by atoms with E-state index >= 15 is 0 Å². The van der Waals surface area contributed by atoms with Gasteiger partial charge in [-0.05, 0) is 57.3 Å². The van der Waals surface area contributed by atoms with E-state index in [4.69, 9.17) is 18.6 Å². The van der Waals surface area contributed by atoms with Crippen LogP contribution in [0.5, 0.6) is 0 Å². The van der Waals surface area contributed by atoms with Gasteiger partial charge in [-0.15, -0.1) is 0 Å². The minimum Gasteiger partial charge on any atom is -0.465 e. The van der Waals surface area contributed by atoms with Gasteiger partial charge >= 0.3 is 5.97 Å². The maximum atomic E-state index is 12.0. The van der Waals surface area contributed by atoms with Gasteiger partial charge in [-0.3, -0.25) is 4.79 Å². The third-order valence-corrected chi connectivity index (χ3v) is 11.9. The topological polar surface area (TPSA) is 54.0 Å². The highest BCUT2D eigenvalue weighted by atomic mass is 28.4. The lowest BCUT2D eigenvalue weighted by Gasteiger charge is -2.42. The van der Waals surface area contributed by atoms with Crippen LogP contribution in [-0.2, 0) is 30.0 Å². The van der Waals surface area contributed by atoms with Crippen LogP contribution in [0.1, 0.15) is 73.8 Å². The summed E-state index contributed by atoms with van der Waals surface area (Å²) in [5.74, 6) is 0.230. The quantitative estimate of drug-likeness (QED) is 0.0994. The molecule has 0 aliphatic carbocycles. The molecule has 0 fully saturated rings. The molecule has 0 radical (unpaired) electrons. The molecule has 0 spiro atoms. The number of carbonyl (C=O) groups excluding carboxylic acids is 1. The van der Waals surface area contributed by atoms with E-state index < -0.39 is 13.7 Å². The second-order valence-electron chi connectivity index (χ2n) is 12.8. The van der Waals surface area contributed by atoms with Crippen molar-refractivity contribution >= 4 is 14.3 Å². The Labute approximate surface area is 228 Å². The van der Waals surface area contributed by atoms with Crippen molar-refractivity contribution in [2.45, 2.75) is 105 Å². The molecule has 1 aromatic rings. The summed E-state index contributed by atoms with van der Waals surface area (Å²) in [5, 5.41) is 0.114. The number of hydrogen-bond donors (Lipinski definition) is 0. The average Bonchev–Trinajstić information content (AvgIpc) is 2.80. The normalized spacial score (nSPS) is 16.4. The van der Waals surface area contributed by atoms with Crippen molar-refractivity contribution in [2.24, 2.45) is 17.3 Å². The zero-order chi connectivity index (χ0) is 28.3. The fraction of sp³-hybridized carbons (Fsp3) is 0.710. The van der Waals surface area contributed by atoms with Gasteiger partial charge in [0.15, 0.2) is 8.32 Å². The summed E-state index contributed by atoms with van der Waals surface area (Å²) in [5.41, 5.74) is 0.701. The fourth-order valence-electron chi connectivity index (χ4n) is 3.92. The molecule has 212 valence electrons. The minimum atomic E-state index is -1.99. The lowest BCUT2D eigenvalue weighted by Crippen LogP contribution is -2.48. The van der Waals surface area contributed by atoms with Crippen LogP contribution in [0.4, 0.5) is 0 Å². The van der Waals surface area contributed by atoms with Gasteiger partial charge in [0.2, 0.25) is 0 Å². The molecule has 0 aliphatic heterocycles.